The first-order chi connectivity index (χ1) is 9.37. The molecule has 0 radical (unpaired) electrons. The van der Waals surface area contributed by atoms with Crippen molar-refractivity contribution in [3.63, 3.8) is 0 Å². The minimum Gasteiger partial charge on any atom is -0.356 e. The van der Waals surface area contributed by atoms with Crippen LogP contribution in [0.1, 0.15) is 56.5 Å². The molecule has 0 atom stereocenters. The third-order valence-electron chi connectivity index (χ3n) is 3.40. The van der Waals surface area contributed by atoms with E-state index in [1.54, 1.807) is 6.92 Å². The number of nitrogens with zero attached hydrogens (tertiary/aromatic N) is 2. The molecule has 1 aliphatic rings. The quantitative estimate of drug-likeness (QED) is 0.469. The van der Waals surface area contributed by atoms with Crippen LogP contribution < -0.4 is 0 Å². The molecule has 1 fully saturated rings. The molecule has 1 aliphatic heterocycles. The van der Waals surface area contributed by atoms with Gasteiger partial charge in [-0.1, -0.05) is 24.3 Å². The second-order valence-corrected chi connectivity index (χ2v) is 6.43. The average Bonchev–Trinajstić information content (AvgIpc) is 2.89. The van der Waals surface area contributed by atoms with Crippen LogP contribution in [0.4, 0.5) is 0 Å². The van der Waals surface area contributed by atoms with Crippen molar-refractivity contribution in [1.29, 1.82) is 0 Å². The summed E-state index contributed by atoms with van der Waals surface area (Å²) in [4.78, 5) is 18.6. The van der Waals surface area contributed by atoms with E-state index in [2.05, 4.69) is 25.7 Å². The van der Waals surface area contributed by atoms with E-state index in [1.807, 2.05) is 24.3 Å². The van der Waals surface area contributed by atoms with E-state index < -0.39 is 0 Å². The van der Waals surface area contributed by atoms with Gasteiger partial charge in [0.1, 0.15) is 5.84 Å². The van der Waals surface area contributed by atoms with Crippen LogP contribution in [0.15, 0.2) is 29.3 Å². The van der Waals surface area contributed by atoms with Gasteiger partial charge in [0.2, 0.25) is 0 Å². The maximum atomic E-state index is 11.4. The average molecular weight is 272 g/mol. The molecule has 20 heavy (non-hydrogen) atoms. The zero-order valence-corrected chi connectivity index (χ0v) is 12.9. The Balaban J connectivity index is 2.35. The van der Waals surface area contributed by atoms with Crippen LogP contribution in [0.5, 0.6) is 0 Å². The molecule has 0 aliphatic carbocycles. The Hall–Kier alpha value is -1.64. The van der Waals surface area contributed by atoms with Crippen LogP contribution >= 0.6 is 0 Å². The predicted octanol–water partition coefficient (Wildman–Crippen LogP) is 3.53. The van der Waals surface area contributed by atoms with Crippen molar-refractivity contribution in [2.75, 3.05) is 13.1 Å². The highest BCUT2D eigenvalue weighted by Crippen LogP contribution is 2.18. The molecule has 2 rings (SSSR count). The summed E-state index contributed by atoms with van der Waals surface area (Å²) in [7, 11) is 0. The normalized spacial score (nSPS) is 16.6. The summed E-state index contributed by atoms with van der Waals surface area (Å²) in [6.45, 7) is 10.1. The zero-order valence-electron chi connectivity index (χ0n) is 12.9. The van der Waals surface area contributed by atoms with E-state index in [9.17, 15) is 4.79 Å². The van der Waals surface area contributed by atoms with E-state index in [1.165, 1.54) is 12.8 Å². The SMILES string of the molecule is CC(=O)c1ccc(C(=NC(C)(C)C)N2CCCC2)cc1. The first kappa shape index (κ1) is 14.8. The molecule has 3 heteroatoms. The number of hydrogen-bond donors (Lipinski definition) is 0. The van der Waals surface area contributed by atoms with Crippen LogP contribution in [0, 0.1) is 0 Å². The van der Waals surface area contributed by atoms with Gasteiger partial charge in [0.05, 0.1) is 5.54 Å². The summed E-state index contributed by atoms with van der Waals surface area (Å²) in [5, 5.41) is 0. The standard InChI is InChI=1S/C17H24N2O/c1-13(20)14-7-9-15(10-8-14)16(18-17(2,3)4)19-11-5-6-12-19/h7-10H,5-6,11-12H2,1-4H3. The molecule has 1 aromatic carbocycles. The highest BCUT2D eigenvalue weighted by Gasteiger charge is 2.20. The number of hydrogen-bond acceptors (Lipinski definition) is 2. The lowest BCUT2D eigenvalue weighted by Gasteiger charge is -2.24. The Kier molecular flexibility index (Phi) is 4.26. The highest BCUT2D eigenvalue weighted by molar-refractivity contribution is 6.00. The first-order valence-corrected chi connectivity index (χ1v) is 7.33. The van der Waals surface area contributed by atoms with Crippen molar-refractivity contribution in [2.24, 2.45) is 4.99 Å². The number of rotatable bonds is 2. The van der Waals surface area contributed by atoms with Crippen LogP contribution in [0.3, 0.4) is 0 Å². The molecule has 0 saturated carbocycles. The molecule has 1 aromatic rings. The molecule has 1 saturated heterocycles. The number of amidine groups is 1. The molecular weight excluding hydrogens is 248 g/mol. The number of aliphatic imine (C=N–C) groups is 1. The Bertz CT molecular complexity index is 503. The summed E-state index contributed by atoms with van der Waals surface area (Å²) in [5.74, 6) is 1.16. The molecule has 0 spiro atoms. The summed E-state index contributed by atoms with van der Waals surface area (Å²) in [5.41, 5.74) is 1.76. The van der Waals surface area contributed by atoms with Gasteiger partial charge in [0, 0.05) is 24.2 Å². The molecule has 0 aromatic heterocycles. The smallest absolute Gasteiger partial charge is 0.159 e. The van der Waals surface area contributed by atoms with Crippen LogP contribution in [-0.4, -0.2) is 35.1 Å². The van der Waals surface area contributed by atoms with Crippen LogP contribution in [0.2, 0.25) is 0 Å². The van der Waals surface area contributed by atoms with Crippen molar-refractivity contribution >= 4 is 11.6 Å². The Morgan fingerprint density at radius 3 is 2.00 bits per heavy atom. The Morgan fingerprint density at radius 2 is 1.55 bits per heavy atom. The first-order valence-electron chi connectivity index (χ1n) is 7.33. The van der Waals surface area contributed by atoms with Crippen molar-refractivity contribution in [2.45, 2.75) is 46.1 Å². The summed E-state index contributed by atoms with van der Waals surface area (Å²) >= 11 is 0. The number of carbonyl (C=O) groups is 1. The largest absolute Gasteiger partial charge is 0.356 e. The fourth-order valence-corrected chi connectivity index (χ4v) is 2.42. The van der Waals surface area contributed by atoms with Gasteiger partial charge in [-0.15, -0.1) is 0 Å². The van der Waals surface area contributed by atoms with Gasteiger partial charge >= 0.3 is 0 Å². The lowest BCUT2D eigenvalue weighted by molar-refractivity contribution is 0.101. The molecule has 0 amide bonds. The number of benzene rings is 1. The van der Waals surface area contributed by atoms with Gasteiger partial charge < -0.3 is 4.90 Å². The maximum Gasteiger partial charge on any atom is 0.159 e. The summed E-state index contributed by atoms with van der Waals surface area (Å²) < 4.78 is 0. The van der Waals surface area contributed by atoms with E-state index in [0.29, 0.717) is 0 Å². The highest BCUT2D eigenvalue weighted by atomic mass is 16.1. The minimum absolute atomic E-state index is 0.100. The second kappa shape index (κ2) is 5.78. The summed E-state index contributed by atoms with van der Waals surface area (Å²) in [6, 6.07) is 7.82. The molecule has 0 bridgehead atoms. The van der Waals surface area contributed by atoms with E-state index in [0.717, 1.165) is 30.1 Å². The number of likely N-dealkylation sites (tertiary alicyclic amines) is 1. The van der Waals surface area contributed by atoms with Gasteiger partial charge in [-0.2, -0.15) is 0 Å². The van der Waals surface area contributed by atoms with Crippen molar-refractivity contribution in [3.05, 3.63) is 35.4 Å². The van der Waals surface area contributed by atoms with E-state index >= 15 is 0 Å². The molecule has 1 heterocycles. The topological polar surface area (TPSA) is 32.7 Å². The lowest BCUT2D eigenvalue weighted by Crippen LogP contribution is -2.31. The third-order valence-corrected chi connectivity index (χ3v) is 3.40. The second-order valence-electron chi connectivity index (χ2n) is 6.43. The fraction of sp³-hybridized carbons (Fsp3) is 0.529. The molecule has 0 N–H and O–H groups in total. The number of Topliss-reactive ketones (excluding diaryl/α,β-unsaturated/α-hetero) is 1. The molecule has 0 unspecified atom stereocenters. The van der Waals surface area contributed by atoms with Gasteiger partial charge in [-0.05, 0) is 40.5 Å². The third kappa shape index (κ3) is 3.69. The molecule has 108 valence electrons. The number of carbonyl (C=O) groups excluding carboxylic acids is 1. The zero-order chi connectivity index (χ0) is 14.8. The molecular formula is C17H24N2O. The van der Waals surface area contributed by atoms with Crippen molar-refractivity contribution in [3.8, 4) is 0 Å². The van der Waals surface area contributed by atoms with Crippen molar-refractivity contribution in [1.82, 2.24) is 4.90 Å². The lowest BCUT2D eigenvalue weighted by atomic mass is 10.1. The van der Waals surface area contributed by atoms with E-state index in [-0.39, 0.29) is 11.3 Å². The number of ketones is 1. The van der Waals surface area contributed by atoms with Gasteiger partial charge in [0.25, 0.3) is 0 Å². The maximum absolute atomic E-state index is 11.4. The van der Waals surface area contributed by atoms with Gasteiger partial charge in [0.15, 0.2) is 5.78 Å². The minimum atomic E-state index is -0.100. The Morgan fingerprint density at radius 1 is 1.05 bits per heavy atom. The summed E-state index contributed by atoms with van der Waals surface area (Å²) in [6.07, 6.45) is 2.46. The van der Waals surface area contributed by atoms with Crippen LogP contribution in [-0.2, 0) is 0 Å². The van der Waals surface area contributed by atoms with Gasteiger partial charge in [-0.25, -0.2) is 0 Å². The fourth-order valence-electron chi connectivity index (χ4n) is 2.42. The van der Waals surface area contributed by atoms with Crippen LogP contribution in [0.25, 0.3) is 0 Å². The van der Waals surface area contributed by atoms with Gasteiger partial charge in [-0.3, -0.25) is 9.79 Å². The van der Waals surface area contributed by atoms with Crippen molar-refractivity contribution < 1.29 is 4.79 Å². The molecule has 3 nitrogen and oxygen atoms in total. The predicted molar refractivity (Wildman–Crippen MR) is 83.5 cm³/mol. The monoisotopic (exact) mass is 272 g/mol. The van der Waals surface area contributed by atoms with E-state index in [4.69, 9.17) is 4.99 Å². The Labute approximate surface area is 121 Å².